The Kier molecular flexibility index (Phi) is 7.30. The number of nitrogens with one attached hydrogen (secondary N) is 3. The lowest BCUT2D eigenvalue weighted by Gasteiger charge is -2.20. The summed E-state index contributed by atoms with van der Waals surface area (Å²) < 4.78 is 10.7. The highest BCUT2D eigenvalue weighted by Crippen LogP contribution is 2.34. The molecule has 1 aliphatic rings. The molecule has 0 saturated carbocycles. The van der Waals surface area contributed by atoms with Crippen LogP contribution in [-0.2, 0) is 9.59 Å². The first-order valence-electron chi connectivity index (χ1n) is 10.3. The minimum atomic E-state index is -0.171. The van der Waals surface area contributed by atoms with Gasteiger partial charge in [0.25, 0.3) is 11.8 Å². The van der Waals surface area contributed by atoms with Crippen molar-refractivity contribution in [1.29, 1.82) is 0 Å². The van der Waals surface area contributed by atoms with Gasteiger partial charge in [0.15, 0.2) is 24.6 Å². The van der Waals surface area contributed by atoms with Gasteiger partial charge in [-0.15, -0.1) is 0 Å². The zero-order chi connectivity index (χ0) is 21.5. The molecule has 2 aromatic rings. The molecule has 3 rings (SSSR count). The average Bonchev–Trinajstić information content (AvgIpc) is 3.17. The molecular weight excluding hydrogens is 382 g/mol. The van der Waals surface area contributed by atoms with Crippen LogP contribution in [0.5, 0.6) is 11.5 Å². The molecule has 1 unspecified atom stereocenters. The van der Waals surface area contributed by atoms with Crippen molar-refractivity contribution in [3.05, 3.63) is 53.6 Å². The molecule has 0 aromatic heterocycles. The first-order valence-corrected chi connectivity index (χ1v) is 10.3. The zero-order valence-corrected chi connectivity index (χ0v) is 17.8. The second kappa shape index (κ2) is 10.1. The molecule has 30 heavy (non-hydrogen) atoms. The summed E-state index contributed by atoms with van der Waals surface area (Å²) in [6.45, 7) is 7.38. The van der Waals surface area contributed by atoms with E-state index in [-0.39, 0.29) is 37.7 Å². The number of anilines is 1. The standard InChI is InChI=1S/C23H29N3O4/c1-4-11-26(14-23(28)25-19-8-6-5-7-16(19)2)13-22(27)24-17(3)18-9-10-20-21(12-18)30-15-29-20/h5-10,12,17H,4,11,13-15H2,1-3H3,(H,24,27)(H,25,28)/p+1/t17-/m1/s1. The third-order valence-corrected chi connectivity index (χ3v) is 5.12. The van der Waals surface area contributed by atoms with E-state index in [4.69, 9.17) is 9.47 Å². The lowest BCUT2D eigenvalue weighted by molar-refractivity contribution is -0.883. The Balaban J connectivity index is 1.54. The van der Waals surface area contributed by atoms with E-state index in [2.05, 4.69) is 10.6 Å². The maximum Gasteiger partial charge on any atom is 0.279 e. The largest absolute Gasteiger partial charge is 0.454 e. The summed E-state index contributed by atoms with van der Waals surface area (Å²) in [4.78, 5) is 26.0. The predicted molar refractivity (Wildman–Crippen MR) is 115 cm³/mol. The maximum absolute atomic E-state index is 12.6. The molecule has 0 spiro atoms. The van der Waals surface area contributed by atoms with Gasteiger partial charge < -0.3 is 25.0 Å². The van der Waals surface area contributed by atoms with Crippen molar-refractivity contribution in [3.63, 3.8) is 0 Å². The minimum Gasteiger partial charge on any atom is -0.454 e. The molecule has 0 saturated heterocycles. The molecule has 0 fully saturated rings. The van der Waals surface area contributed by atoms with Gasteiger partial charge in [-0.2, -0.15) is 0 Å². The van der Waals surface area contributed by atoms with Crippen LogP contribution in [0.25, 0.3) is 0 Å². The number of carbonyl (C=O) groups is 2. The SMILES string of the molecule is CCC[NH+](CC(=O)Nc1ccccc1C)CC(=O)N[C@H](C)c1ccc2c(c1)OCO2. The van der Waals surface area contributed by atoms with Crippen molar-refractivity contribution >= 4 is 17.5 Å². The van der Waals surface area contributed by atoms with E-state index >= 15 is 0 Å². The molecule has 0 bridgehead atoms. The van der Waals surface area contributed by atoms with Crippen LogP contribution in [0.1, 0.15) is 37.4 Å². The topological polar surface area (TPSA) is 81.1 Å². The second-order valence-electron chi connectivity index (χ2n) is 7.62. The Morgan fingerprint density at radius 2 is 1.80 bits per heavy atom. The molecule has 1 heterocycles. The first-order chi connectivity index (χ1) is 14.5. The quantitative estimate of drug-likeness (QED) is 0.587. The normalized spacial score (nSPS) is 14.1. The average molecular weight is 413 g/mol. The van der Waals surface area contributed by atoms with Gasteiger partial charge in [-0.05, 0) is 49.6 Å². The van der Waals surface area contributed by atoms with Crippen LogP contribution < -0.4 is 25.0 Å². The van der Waals surface area contributed by atoms with Crippen molar-refractivity contribution < 1.29 is 24.0 Å². The fraction of sp³-hybridized carbons (Fsp3) is 0.391. The number of ether oxygens (including phenoxy) is 2. The Morgan fingerprint density at radius 3 is 2.57 bits per heavy atom. The van der Waals surface area contributed by atoms with Crippen molar-refractivity contribution in [3.8, 4) is 11.5 Å². The van der Waals surface area contributed by atoms with Crippen molar-refractivity contribution in [2.75, 3.05) is 31.7 Å². The van der Waals surface area contributed by atoms with Crippen LogP contribution in [-0.4, -0.2) is 38.2 Å². The van der Waals surface area contributed by atoms with Gasteiger partial charge in [0.05, 0.1) is 12.6 Å². The van der Waals surface area contributed by atoms with Gasteiger partial charge in [0, 0.05) is 5.69 Å². The second-order valence-corrected chi connectivity index (χ2v) is 7.62. The molecule has 7 nitrogen and oxygen atoms in total. The molecule has 2 atom stereocenters. The Bertz CT molecular complexity index is 900. The number of fused-ring (bicyclic) bond motifs is 1. The molecule has 2 amide bonds. The minimum absolute atomic E-state index is 0.0905. The summed E-state index contributed by atoms with van der Waals surface area (Å²) in [7, 11) is 0. The summed E-state index contributed by atoms with van der Waals surface area (Å²) in [5, 5.41) is 5.97. The zero-order valence-electron chi connectivity index (χ0n) is 17.8. The highest BCUT2D eigenvalue weighted by Gasteiger charge is 2.21. The highest BCUT2D eigenvalue weighted by atomic mass is 16.7. The summed E-state index contributed by atoms with van der Waals surface area (Å²) in [6.07, 6.45) is 0.887. The fourth-order valence-corrected chi connectivity index (χ4v) is 3.51. The van der Waals surface area contributed by atoms with Gasteiger partial charge >= 0.3 is 0 Å². The van der Waals surface area contributed by atoms with Crippen LogP contribution in [0.2, 0.25) is 0 Å². The Hall–Kier alpha value is -3.06. The number of carbonyl (C=O) groups excluding carboxylic acids is 2. The summed E-state index contributed by atoms with van der Waals surface area (Å²) in [5.41, 5.74) is 2.76. The van der Waals surface area contributed by atoms with Crippen LogP contribution >= 0.6 is 0 Å². The lowest BCUT2D eigenvalue weighted by Crippen LogP contribution is -3.14. The molecule has 1 aliphatic heterocycles. The first kappa shape index (κ1) is 21.6. The van der Waals surface area contributed by atoms with E-state index in [9.17, 15) is 9.59 Å². The number of hydrogen-bond donors (Lipinski definition) is 3. The van der Waals surface area contributed by atoms with Crippen molar-refractivity contribution in [1.82, 2.24) is 5.32 Å². The maximum atomic E-state index is 12.6. The highest BCUT2D eigenvalue weighted by molar-refractivity contribution is 5.92. The molecule has 0 aliphatic carbocycles. The Labute approximate surface area is 177 Å². The van der Waals surface area contributed by atoms with Gasteiger partial charge in [-0.1, -0.05) is 31.2 Å². The van der Waals surface area contributed by atoms with E-state index < -0.39 is 0 Å². The molecule has 0 radical (unpaired) electrons. The van der Waals surface area contributed by atoms with Gasteiger partial charge in [-0.3, -0.25) is 9.59 Å². The smallest absolute Gasteiger partial charge is 0.279 e. The number of benzene rings is 2. The number of para-hydroxylation sites is 1. The molecule has 2 aromatic carbocycles. The van der Waals surface area contributed by atoms with Gasteiger partial charge in [0.1, 0.15) is 0 Å². The number of hydrogen-bond acceptors (Lipinski definition) is 4. The number of aryl methyl sites for hydroxylation is 1. The molecule has 7 heteroatoms. The van der Waals surface area contributed by atoms with Crippen molar-refractivity contribution in [2.45, 2.75) is 33.2 Å². The van der Waals surface area contributed by atoms with E-state index in [1.54, 1.807) is 0 Å². The number of amides is 2. The molecular formula is C23H30N3O4+. The fourth-order valence-electron chi connectivity index (χ4n) is 3.51. The summed E-state index contributed by atoms with van der Waals surface area (Å²) in [5.74, 6) is 1.23. The number of rotatable bonds is 9. The third kappa shape index (κ3) is 5.73. The van der Waals surface area contributed by atoms with Crippen molar-refractivity contribution in [2.24, 2.45) is 0 Å². The lowest BCUT2D eigenvalue weighted by atomic mass is 10.1. The number of quaternary nitrogens is 1. The van der Waals surface area contributed by atoms with Crippen LogP contribution in [0.3, 0.4) is 0 Å². The summed E-state index contributed by atoms with van der Waals surface area (Å²) >= 11 is 0. The van der Waals surface area contributed by atoms with E-state index in [0.29, 0.717) is 5.75 Å². The third-order valence-electron chi connectivity index (χ3n) is 5.12. The predicted octanol–water partition coefficient (Wildman–Crippen LogP) is 1.83. The molecule has 3 N–H and O–H groups in total. The monoisotopic (exact) mass is 412 g/mol. The van der Waals surface area contributed by atoms with Gasteiger partial charge in [0.2, 0.25) is 6.79 Å². The van der Waals surface area contributed by atoms with Crippen LogP contribution in [0, 0.1) is 6.92 Å². The van der Waals surface area contributed by atoms with Gasteiger partial charge in [-0.25, -0.2) is 0 Å². The van der Waals surface area contributed by atoms with E-state index in [1.165, 1.54) is 0 Å². The Morgan fingerprint density at radius 1 is 1.07 bits per heavy atom. The molecule has 160 valence electrons. The summed E-state index contributed by atoms with van der Waals surface area (Å²) in [6, 6.07) is 13.2. The van der Waals surface area contributed by atoms with E-state index in [1.807, 2.05) is 63.2 Å². The van der Waals surface area contributed by atoms with Crippen LogP contribution in [0.15, 0.2) is 42.5 Å². The van der Waals surface area contributed by atoms with E-state index in [0.717, 1.165) is 40.4 Å². The van der Waals surface area contributed by atoms with Crippen LogP contribution in [0.4, 0.5) is 5.69 Å².